The molecule has 0 aliphatic rings. The molecule has 0 spiro atoms. The number of hydrogen-bond acceptors (Lipinski definition) is 6. The first-order valence-electron chi connectivity index (χ1n) is 5.43. The van der Waals surface area contributed by atoms with Gasteiger partial charge in [0.25, 0.3) is 0 Å². The van der Waals surface area contributed by atoms with Crippen LogP contribution in [-0.2, 0) is 11.2 Å². The number of methoxy groups -OCH3 is 1. The summed E-state index contributed by atoms with van der Waals surface area (Å²) in [5.74, 6) is -0.544. The zero-order valence-corrected chi connectivity index (χ0v) is 10.3. The Bertz CT molecular complexity index is 389. The molecule has 17 heavy (non-hydrogen) atoms. The molecule has 0 radical (unpaired) electrons. The van der Waals surface area contributed by atoms with Crippen LogP contribution in [0.1, 0.15) is 36.1 Å². The van der Waals surface area contributed by atoms with E-state index in [0.717, 1.165) is 0 Å². The van der Waals surface area contributed by atoms with Crippen molar-refractivity contribution in [3.63, 3.8) is 0 Å². The average Bonchev–Trinajstić information content (AvgIpc) is 2.71. The Morgan fingerprint density at radius 3 is 2.71 bits per heavy atom. The third kappa shape index (κ3) is 2.80. The summed E-state index contributed by atoms with van der Waals surface area (Å²) in [7, 11) is 1.28. The smallest absolute Gasteiger partial charge is 0.360 e. The zero-order chi connectivity index (χ0) is 13.0. The number of ether oxygens (including phenoxy) is 1. The molecule has 0 aromatic carbocycles. The van der Waals surface area contributed by atoms with Crippen molar-refractivity contribution < 1.29 is 14.6 Å². The molecule has 7 nitrogen and oxygen atoms in total. The minimum absolute atomic E-state index is 0.158. The van der Waals surface area contributed by atoms with E-state index in [1.807, 2.05) is 0 Å². The van der Waals surface area contributed by atoms with E-state index in [0.29, 0.717) is 18.7 Å². The summed E-state index contributed by atoms with van der Waals surface area (Å²) in [5.41, 5.74) is 6.24. The number of esters is 1. The maximum atomic E-state index is 11.5. The van der Waals surface area contributed by atoms with Crippen molar-refractivity contribution in [3.8, 4) is 0 Å². The Kier molecular flexibility index (Phi) is 4.59. The summed E-state index contributed by atoms with van der Waals surface area (Å²) in [6.45, 7) is 3.81. The third-order valence-corrected chi connectivity index (χ3v) is 2.63. The van der Waals surface area contributed by atoms with Crippen molar-refractivity contribution in [3.05, 3.63) is 11.4 Å². The molecule has 0 bridgehead atoms. The van der Waals surface area contributed by atoms with Gasteiger partial charge in [-0.15, -0.1) is 5.10 Å². The summed E-state index contributed by atoms with van der Waals surface area (Å²) < 4.78 is 6.14. The molecular weight excluding hydrogens is 224 g/mol. The number of aliphatic hydroxyl groups excluding tert-OH is 1. The van der Waals surface area contributed by atoms with Crippen LogP contribution >= 0.6 is 0 Å². The lowest BCUT2D eigenvalue weighted by Crippen LogP contribution is -2.23. The van der Waals surface area contributed by atoms with E-state index in [1.54, 1.807) is 13.8 Å². The third-order valence-electron chi connectivity index (χ3n) is 2.63. The van der Waals surface area contributed by atoms with E-state index in [9.17, 15) is 9.90 Å². The summed E-state index contributed by atoms with van der Waals surface area (Å²) in [4.78, 5) is 11.5. The molecule has 0 fully saturated rings. The molecule has 7 heteroatoms. The SMILES string of the molecule is COC(=O)c1nnn(C(C)C(C)O)c1CCN. The Morgan fingerprint density at radius 1 is 1.59 bits per heavy atom. The maximum absolute atomic E-state index is 11.5. The summed E-state index contributed by atoms with van der Waals surface area (Å²) in [6.07, 6.45) is -0.146. The number of aromatic nitrogens is 3. The Labute approximate surface area is 99.6 Å². The molecule has 1 aromatic heterocycles. The van der Waals surface area contributed by atoms with Crippen LogP contribution in [0.15, 0.2) is 0 Å². The summed E-state index contributed by atoms with van der Waals surface area (Å²) in [6, 6.07) is -0.276. The van der Waals surface area contributed by atoms with Crippen molar-refractivity contribution in [1.29, 1.82) is 0 Å². The van der Waals surface area contributed by atoms with Gasteiger partial charge in [0.2, 0.25) is 0 Å². The lowest BCUT2D eigenvalue weighted by Gasteiger charge is -2.17. The zero-order valence-electron chi connectivity index (χ0n) is 10.3. The van der Waals surface area contributed by atoms with Gasteiger partial charge in [-0.3, -0.25) is 0 Å². The van der Waals surface area contributed by atoms with Gasteiger partial charge in [-0.25, -0.2) is 9.48 Å². The fraction of sp³-hybridized carbons (Fsp3) is 0.700. The number of rotatable bonds is 5. The summed E-state index contributed by atoms with van der Waals surface area (Å²) in [5, 5.41) is 17.2. The van der Waals surface area contributed by atoms with Crippen molar-refractivity contribution in [2.45, 2.75) is 32.4 Å². The highest BCUT2D eigenvalue weighted by Gasteiger charge is 2.23. The van der Waals surface area contributed by atoms with Gasteiger partial charge >= 0.3 is 5.97 Å². The van der Waals surface area contributed by atoms with Crippen LogP contribution in [0.3, 0.4) is 0 Å². The number of nitrogens with zero attached hydrogens (tertiary/aromatic N) is 3. The van der Waals surface area contributed by atoms with E-state index in [4.69, 9.17) is 5.73 Å². The lowest BCUT2D eigenvalue weighted by molar-refractivity contribution is 0.0592. The fourth-order valence-electron chi connectivity index (χ4n) is 1.47. The molecular formula is C10H18N4O3. The largest absolute Gasteiger partial charge is 0.464 e. The van der Waals surface area contributed by atoms with Crippen LogP contribution < -0.4 is 5.73 Å². The highest BCUT2D eigenvalue weighted by molar-refractivity contribution is 5.88. The predicted molar refractivity (Wildman–Crippen MR) is 60.5 cm³/mol. The van der Waals surface area contributed by atoms with E-state index in [1.165, 1.54) is 11.8 Å². The number of hydrogen-bond donors (Lipinski definition) is 2. The minimum atomic E-state index is -0.598. The van der Waals surface area contributed by atoms with E-state index in [-0.39, 0.29) is 11.7 Å². The molecule has 0 aliphatic carbocycles. The highest BCUT2D eigenvalue weighted by Crippen LogP contribution is 2.16. The molecule has 2 unspecified atom stereocenters. The molecule has 0 saturated carbocycles. The maximum Gasteiger partial charge on any atom is 0.360 e. The topological polar surface area (TPSA) is 103 Å². The molecule has 96 valence electrons. The van der Waals surface area contributed by atoms with Crippen LogP contribution in [0.2, 0.25) is 0 Å². The van der Waals surface area contributed by atoms with Crippen LogP contribution in [0.5, 0.6) is 0 Å². The second-order valence-electron chi connectivity index (χ2n) is 3.84. The number of aliphatic hydroxyl groups is 1. The van der Waals surface area contributed by atoms with Crippen molar-refractivity contribution >= 4 is 5.97 Å². The molecule has 0 aliphatic heterocycles. The van der Waals surface area contributed by atoms with E-state index >= 15 is 0 Å². The van der Waals surface area contributed by atoms with E-state index in [2.05, 4.69) is 15.0 Å². The normalized spacial score (nSPS) is 14.4. The molecule has 3 N–H and O–H groups in total. The average molecular weight is 242 g/mol. The van der Waals surface area contributed by atoms with Gasteiger partial charge in [-0.05, 0) is 20.4 Å². The molecule has 2 atom stereocenters. The number of nitrogens with two attached hydrogens (primary N) is 1. The Balaban J connectivity index is 3.14. The van der Waals surface area contributed by atoms with Gasteiger partial charge in [-0.2, -0.15) is 0 Å². The molecule has 0 amide bonds. The molecule has 1 heterocycles. The second kappa shape index (κ2) is 5.74. The Hall–Kier alpha value is -1.47. The van der Waals surface area contributed by atoms with E-state index < -0.39 is 12.1 Å². The van der Waals surface area contributed by atoms with Crippen LogP contribution in [-0.4, -0.2) is 45.8 Å². The summed E-state index contributed by atoms with van der Waals surface area (Å²) >= 11 is 0. The standard InChI is InChI=1S/C10H18N4O3/c1-6(7(2)15)14-8(4-5-11)9(12-13-14)10(16)17-3/h6-7,15H,4-5,11H2,1-3H3. The van der Waals surface area contributed by atoms with Crippen LogP contribution in [0.25, 0.3) is 0 Å². The first-order valence-corrected chi connectivity index (χ1v) is 5.43. The molecule has 1 aromatic rings. The van der Waals surface area contributed by atoms with Crippen LogP contribution in [0, 0.1) is 0 Å². The van der Waals surface area contributed by atoms with Gasteiger partial charge in [0.05, 0.1) is 24.9 Å². The quantitative estimate of drug-likeness (QED) is 0.675. The van der Waals surface area contributed by atoms with Gasteiger partial charge in [0.1, 0.15) is 0 Å². The number of carbonyl (C=O) groups excluding carboxylic acids is 1. The van der Waals surface area contributed by atoms with Crippen LogP contribution in [0.4, 0.5) is 0 Å². The van der Waals surface area contributed by atoms with Gasteiger partial charge in [0.15, 0.2) is 5.69 Å². The first-order chi connectivity index (χ1) is 8.02. The van der Waals surface area contributed by atoms with Crippen molar-refractivity contribution in [1.82, 2.24) is 15.0 Å². The van der Waals surface area contributed by atoms with Gasteiger partial charge in [0, 0.05) is 6.42 Å². The van der Waals surface area contributed by atoms with Gasteiger partial charge in [-0.1, -0.05) is 5.21 Å². The second-order valence-corrected chi connectivity index (χ2v) is 3.84. The fourth-order valence-corrected chi connectivity index (χ4v) is 1.47. The lowest BCUT2D eigenvalue weighted by atomic mass is 10.2. The first kappa shape index (κ1) is 13.6. The minimum Gasteiger partial charge on any atom is -0.464 e. The molecule has 1 rings (SSSR count). The van der Waals surface area contributed by atoms with Gasteiger partial charge < -0.3 is 15.6 Å². The predicted octanol–water partition coefficient (Wildman–Crippen LogP) is -0.492. The number of carbonyl (C=O) groups is 1. The highest BCUT2D eigenvalue weighted by atomic mass is 16.5. The molecule has 0 saturated heterocycles. The Morgan fingerprint density at radius 2 is 2.24 bits per heavy atom. The monoisotopic (exact) mass is 242 g/mol. The van der Waals surface area contributed by atoms with Crippen molar-refractivity contribution in [2.75, 3.05) is 13.7 Å². The van der Waals surface area contributed by atoms with Crippen molar-refractivity contribution in [2.24, 2.45) is 5.73 Å².